The van der Waals surface area contributed by atoms with Gasteiger partial charge in [-0.2, -0.15) is 18.2 Å². The number of halogens is 3. The first-order chi connectivity index (χ1) is 16.5. The number of aliphatic imine (C=N–C) groups is 1. The Bertz CT molecular complexity index is 1230. The van der Waals surface area contributed by atoms with E-state index in [0.29, 0.717) is 22.3 Å². The largest absolute Gasteiger partial charge is 0.480 e. The topological polar surface area (TPSA) is 144 Å². The van der Waals surface area contributed by atoms with Crippen LogP contribution in [0, 0.1) is 0 Å². The summed E-state index contributed by atoms with van der Waals surface area (Å²) in [6, 6.07) is 14.4. The van der Waals surface area contributed by atoms with Gasteiger partial charge < -0.3 is 21.9 Å². The predicted octanol–water partition coefficient (Wildman–Crippen LogP) is 2.97. The van der Waals surface area contributed by atoms with E-state index in [-0.39, 0.29) is 24.5 Å². The number of aromatic nitrogens is 1. The first-order valence-electron chi connectivity index (χ1n) is 10.4. The van der Waals surface area contributed by atoms with Crippen LogP contribution in [0.5, 0.6) is 0 Å². The van der Waals surface area contributed by atoms with Gasteiger partial charge in [-0.15, -0.1) is 0 Å². The fourth-order valence-electron chi connectivity index (χ4n) is 3.20. The van der Waals surface area contributed by atoms with Crippen molar-refractivity contribution in [1.82, 2.24) is 10.3 Å². The number of benzene rings is 2. The first-order valence-corrected chi connectivity index (χ1v) is 10.4. The van der Waals surface area contributed by atoms with Crippen molar-refractivity contribution in [2.45, 2.75) is 25.2 Å². The van der Waals surface area contributed by atoms with Crippen molar-refractivity contribution in [1.29, 1.82) is 0 Å². The summed E-state index contributed by atoms with van der Waals surface area (Å²) in [6.07, 6.45) is -3.26. The number of nitrogens with zero attached hydrogens (tertiary/aromatic N) is 2. The maximum atomic E-state index is 12.8. The highest BCUT2D eigenvalue weighted by Gasteiger charge is 2.32. The minimum atomic E-state index is -4.53. The summed E-state index contributed by atoms with van der Waals surface area (Å²) in [7, 11) is 0. The van der Waals surface area contributed by atoms with Gasteiger partial charge in [0, 0.05) is 23.9 Å². The second-order valence-corrected chi connectivity index (χ2v) is 7.59. The van der Waals surface area contributed by atoms with Gasteiger partial charge in [-0.05, 0) is 41.3 Å². The standard InChI is InChI=1S/C24H22F3N5O3/c25-24(26,27)20-10-9-17(12-30-20)18-4-2-1-3-16(18)13-31-23(29)32-21(33)15-7-5-14(6-8-15)11-19(28)22(34)35/h1-10,12,19H,11,13,28H2,(H,34,35)(H3,29,31,32,33)/t19-/m0/s1. The lowest BCUT2D eigenvalue weighted by Crippen LogP contribution is -2.32. The number of carbonyl (C=O) groups excluding carboxylic acids is 1. The van der Waals surface area contributed by atoms with Crippen molar-refractivity contribution in [3.8, 4) is 11.1 Å². The number of amides is 1. The van der Waals surface area contributed by atoms with Crippen molar-refractivity contribution in [3.05, 3.63) is 89.2 Å². The summed E-state index contributed by atoms with van der Waals surface area (Å²) in [4.78, 5) is 30.5. The van der Waals surface area contributed by atoms with E-state index < -0.39 is 29.8 Å². The lowest BCUT2D eigenvalue weighted by Gasteiger charge is -2.12. The molecular formula is C24H22F3N5O3. The van der Waals surface area contributed by atoms with Crippen molar-refractivity contribution >= 4 is 17.8 Å². The molecule has 1 amide bonds. The number of hydrogen-bond acceptors (Lipinski definition) is 4. The molecule has 1 atom stereocenters. The summed E-state index contributed by atoms with van der Waals surface area (Å²) in [5.74, 6) is -1.87. The van der Waals surface area contributed by atoms with Gasteiger partial charge in [-0.1, -0.05) is 42.5 Å². The Morgan fingerprint density at radius 2 is 1.74 bits per heavy atom. The molecule has 0 aliphatic rings. The van der Waals surface area contributed by atoms with E-state index in [2.05, 4.69) is 15.3 Å². The molecule has 0 aliphatic carbocycles. The molecule has 2 aromatic carbocycles. The number of nitrogens with one attached hydrogen (secondary N) is 1. The number of aliphatic carboxylic acids is 1. The molecule has 0 spiro atoms. The number of carboxylic acids is 1. The quantitative estimate of drug-likeness (QED) is 0.298. The van der Waals surface area contributed by atoms with E-state index in [0.717, 1.165) is 12.3 Å². The molecule has 1 aromatic heterocycles. The van der Waals surface area contributed by atoms with Crippen LogP contribution in [0.25, 0.3) is 11.1 Å². The predicted molar refractivity (Wildman–Crippen MR) is 123 cm³/mol. The highest BCUT2D eigenvalue weighted by atomic mass is 19.4. The fourth-order valence-corrected chi connectivity index (χ4v) is 3.20. The molecular weight excluding hydrogens is 463 g/mol. The molecule has 35 heavy (non-hydrogen) atoms. The number of carbonyl (C=O) groups is 2. The van der Waals surface area contributed by atoms with Crippen LogP contribution < -0.4 is 16.8 Å². The summed E-state index contributed by atoms with van der Waals surface area (Å²) >= 11 is 0. The Balaban J connectivity index is 1.66. The Morgan fingerprint density at radius 1 is 1.06 bits per heavy atom. The third-order valence-electron chi connectivity index (χ3n) is 5.04. The normalized spacial score (nSPS) is 12.7. The Kier molecular flexibility index (Phi) is 7.82. The minimum Gasteiger partial charge on any atom is -0.480 e. The third-order valence-corrected chi connectivity index (χ3v) is 5.04. The van der Waals surface area contributed by atoms with Gasteiger partial charge >= 0.3 is 12.1 Å². The number of rotatable bonds is 7. The molecule has 0 bridgehead atoms. The lowest BCUT2D eigenvalue weighted by atomic mass is 10.0. The maximum absolute atomic E-state index is 12.8. The SMILES string of the molecule is N/C(=N\C(=O)c1ccc(C[C@H](N)C(=O)O)cc1)NCc1ccccc1-c1ccc(C(F)(F)F)nc1. The zero-order valence-corrected chi connectivity index (χ0v) is 18.3. The molecule has 3 rings (SSSR count). The molecule has 0 fully saturated rings. The molecule has 6 N–H and O–H groups in total. The maximum Gasteiger partial charge on any atom is 0.433 e. The van der Waals surface area contributed by atoms with Crippen LogP contribution in [0.4, 0.5) is 13.2 Å². The molecule has 1 heterocycles. The van der Waals surface area contributed by atoms with Gasteiger partial charge in [0.25, 0.3) is 5.91 Å². The molecule has 11 heteroatoms. The van der Waals surface area contributed by atoms with E-state index in [4.69, 9.17) is 16.6 Å². The Hall–Kier alpha value is -4.25. The molecule has 0 saturated heterocycles. The van der Waals surface area contributed by atoms with E-state index in [1.165, 1.54) is 18.2 Å². The Morgan fingerprint density at radius 3 is 2.34 bits per heavy atom. The van der Waals surface area contributed by atoms with Gasteiger partial charge in [0.1, 0.15) is 11.7 Å². The zero-order valence-electron chi connectivity index (χ0n) is 18.3. The average Bonchev–Trinajstić information content (AvgIpc) is 2.83. The minimum absolute atomic E-state index is 0.116. The van der Waals surface area contributed by atoms with E-state index >= 15 is 0 Å². The van der Waals surface area contributed by atoms with Crippen LogP contribution in [-0.4, -0.2) is 34.0 Å². The number of alkyl halides is 3. The number of carboxylic acid groups (broad SMARTS) is 1. The van der Waals surface area contributed by atoms with Crippen LogP contribution in [0.3, 0.4) is 0 Å². The smallest absolute Gasteiger partial charge is 0.433 e. The monoisotopic (exact) mass is 485 g/mol. The zero-order chi connectivity index (χ0) is 25.6. The lowest BCUT2D eigenvalue weighted by molar-refractivity contribution is -0.141. The summed E-state index contributed by atoms with van der Waals surface area (Å²) in [6.45, 7) is 0.159. The highest BCUT2D eigenvalue weighted by molar-refractivity contribution is 6.02. The van der Waals surface area contributed by atoms with Crippen LogP contribution in [-0.2, 0) is 23.9 Å². The summed E-state index contributed by atoms with van der Waals surface area (Å²) < 4.78 is 38.3. The summed E-state index contributed by atoms with van der Waals surface area (Å²) in [5.41, 5.74) is 13.1. The Labute approximate surface area is 198 Å². The molecule has 3 aromatic rings. The van der Waals surface area contributed by atoms with Crippen molar-refractivity contribution in [2.24, 2.45) is 16.5 Å². The molecule has 0 saturated carbocycles. The van der Waals surface area contributed by atoms with Gasteiger partial charge in [-0.25, -0.2) is 0 Å². The number of hydrogen-bond donors (Lipinski definition) is 4. The average molecular weight is 485 g/mol. The second-order valence-electron chi connectivity index (χ2n) is 7.59. The third kappa shape index (κ3) is 6.87. The van der Waals surface area contributed by atoms with Crippen LogP contribution >= 0.6 is 0 Å². The van der Waals surface area contributed by atoms with Crippen LogP contribution in [0.15, 0.2) is 71.9 Å². The molecule has 0 radical (unpaired) electrons. The number of guanidine groups is 1. The van der Waals surface area contributed by atoms with Gasteiger partial charge in [0.15, 0.2) is 5.96 Å². The van der Waals surface area contributed by atoms with Gasteiger partial charge in [0.05, 0.1) is 0 Å². The fraction of sp³-hybridized carbons (Fsp3) is 0.167. The number of nitrogens with two attached hydrogens (primary N) is 2. The molecule has 0 aliphatic heterocycles. The molecule has 8 nitrogen and oxygen atoms in total. The van der Waals surface area contributed by atoms with Crippen LogP contribution in [0.2, 0.25) is 0 Å². The molecule has 0 unspecified atom stereocenters. The van der Waals surface area contributed by atoms with Gasteiger partial charge in [-0.3, -0.25) is 14.6 Å². The van der Waals surface area contributed by atoms with Crippen molar-refractivity contribution in [2.75, 3.05) is 0 Å². The number of pyridine rings is 1. The van der Waals surface area contributed by atoms with E-state index in [1.54, 1.807) is 36.4 Å². The summed E-state index contributed by atoms with van der Waals surface area (Å²) in [5, 5.41) is 11.7. The van der Waals surface area contributed by atoms with Crippen LogP contribution in [0.1, 0.15) is 27.2 Å². The van der Waals surface area contributed by atoms with E-state index in [1.807, 2.05) is 0 Å². The van der Waals surface area contributed by atoms with Crippen molar-refractivity contribution < 1.29 is 27.9 Å². The second kappa shape index (κ2) is 10.8. The van der Waals surface area contributed by atoms with E-state index in [9.17, 15) is 22.8 Å². The first kappa shape index (κ1) is 25.4. The van der Waals surface area contributed by atoms with Gasteiger partial charge in [0.2, 0.25) is 0 Å². The molecule has 182 valence electrons. The highest BCUT2D eigenvalue weighted by Crippen LogP contribution is 2.30. The van der Waals surface area contributed by atoms with Crippen molar-refractivity contribution in [3.63, 3.8) is 0 Å².